The highest BCUT2D eigenvalue weighted by atomic mass is 16.5. The Balaban J connectivity index is 2.69. The fourth-order valence-electron chi connectivity index (χ4n) is 1.85. The summed E-state index contributed by atoms with van der Waals surface area (Å²) in [6.07, 6.45) is -0.615. The summed E-state index contributed by atoms with van der Waals surface area (Å²) >= 11 is 0. The smallest absolute Gasteiger partial charge is 0.224 e. The first-order chi connectivity index (χ1) is 10.3. The van der Waals surface area contributed by atoms with Gasteiger partial charge in [0.1, 0.15) is 12.7 Å². The molecular formula is C16H26N2O4. The van der Waals surface area contributed by atoms with Crippen LogP contribution in [0.3, 0.4) is 0 Å². The predicted octanol–water partition coefficient (Wildman–Crippen LogP) is 1.02. The van der Waals surface area contributed by atoms with E-state index in [1.165, 1.54) is 7.11 Å². The van der Waals surface area contributed by atoms with Crippen LogP contribution in [0.4, 0.5) is 0 Å². The maximum absolute atomic E-state index is 11.2. The fraction of sp³-hybridized carbons (Fsp3) is 0.562. The van der Waals surface area contributed by atoms with Gasteiger partial charge in [0.15, 0.2) is 11.5 Å². The van der Waals surface area contributed by atoms with Crippen molar-refractivity contribution < 1.29 is 19.4 Å². The van der Waals surface area contributed by atoms with E-state index in [2.05, 4.69) is 5.32 Å². The molecule has 124 valence electrons. The van der Waals surface area contributed by atoms with Crippen molar-refractivity contribution in [3.63, 3.8) is 0 Å². The SMILES string of the molecule is COc1cc(C(C)C(N)=O)ccc1OCC(O)CNC(C)C. The highest BCUT2D eigenvalue weighted by Crippen LogP contribution is 2.30. The molecule has 0 aliphatic heterocycles. The molecule has 0 aromatic heterocycles. The Kier molecular flexibility index (Phi) is 7.14. The Morgan fingerprint density at radius 1 is 1.32 bits per heavy atom. The molecule has 0 aliphatic rings. The number of hydrogen-bond donors (Lipinski definition) is 3. The van der Waals surface area contributed by atoms with Crippen LogP contribution in [-0.2, 0) is 4.79 Å². The molecule has 0 fully saturated rings. The topological polar surface area (TPSA) is 93.8 Å². The standard InChI is InChI=1S/C16H26N2O4/c1-10(2)18-8-13(19)9-22-14-6-5-12(7-15(14)21-4)11(3)16(17)20/h5-7,10-11,13,18-19H,8-9H2,1-4H3,(H2,17,20). The van der Waals surface area contributed by atoms with Gasteiger partial charge in [0, 0.05) is 12.6 Å². The molecule has 6 heteroatoms. The predicted molar refractivity (Wildman–Crippen MR) is 85.2 cm³/mol. The van der Waals surface area contributed by atoms with E-state index in [1.807, 2.05) is 13.8 Å². The van der Waals surface area contributed by atoms with Crippen molar-refractivity contribution in [2.24, 2.45) is 5.73 Å². The number of ether oxygens (including phenoxy) is 2. The van der Waals surface area contributed by atoms with E-state index in [4.69, 9.17) is 15.2 Å². The number of amides is 1. The Morgan fingerprint density at radius 2 is 2.00 bits per heavy atom. The van der Waals surface area contributed by atoms with Gasteiger partial charge in [0.25, 0.3) is 0 Å². The highest BCUT2D eigenvalue weighted by Gasteiger charge is 2.15. The Bertz CT molecular complexity index is 491. The lowest BCUT2D eigenvalue weighted by Crippen LogP contribution is -2.35. The molecule has 0 spiro atoms. The van der Waals surface area contributed by atoms with Gasteiger partial charge in [-0.1, -0.05) is 19.9 Å². The zero-order chi connectivity index (χ0) is 16.7. The normalized spacial score (nSPS) is 13.7. The van der Waals surface area contributed by atoms with Crippen molar-refractivity contribution in [3.8, 4) is 11.5 Å². The molecule has 0 aliphatic carbocycles. The van der Waals surface area contributed by atoms with E-state index in [-0.39, 0.29) is 6.61 Å². The maximum Gasteiger partial charge on any atom is 0.224 e. The molecule has 1 rings (SSSR count). The van der Waals surface area contributed by atoms with Crippen LogP contribution in [-0.4, -0.2) is 43.4 Å². The molecule has 0 radical (unpaired) electrons. The third-order valence-electron chi connectivity index (χ3n) is 3.31. The number of methoxy groups -OCH3 is 1. The van der Waals surface area contributed by atoms with Crippen LogP contribution in [0.15, 0.2) is 18.2 Å². The van der Waals surface area contributed by atoms with Crippen LogP contribution in [0.1, 0.15) is 32.3 Å². The van der Waals surface area contributed by atoms with Gasteiger partial charge >= 0.3 is 0 Å². The number of rotatable bonds is 9. The fourth-order valence-corrected chi connectivity index (χ4v) is 1.85. The van der Waals surface area contributed by atoms with Crippen LogP contribution in [0, 0.1) is 0 Å². The van der Waals surface area contributed by atoms with E-state index >= 15 is 0 Å². The highest BCUT2D eigenvalue weighted by molar-refractivity contribution is 5.81. The molecule has 0 saturated carbocycles. The first kappa shape index (κ1) is 18.3. The first-order valence-corrected chi connectivity index (χ1v) is 7.36. The Labute approximate surface area is 131 Å². The second-order valence-corrected chi connectivity index (χ2v) is 5.56. The number of aliphatic hydroxyl groups is 1. The monoisotopic (exact) mass is 310 g/mol. The summed E-state index contributed by atoms with van der Waals surface area (Å²) in [6.45, 7) is 6.36. The molecule has 1 aromatic rings. The number of nitrogens with two attached hydrogens (primary N) is 1. The van der Waals surface area contributed by atoms with Gasteiger partial charge in [-0.25, -0.2) is 0 Å². The number of hydrogen-bond acceptors (Lipinski definition) is 5. The van der Waals surface area contributed by atoms with Crippen LogP contribution < -0.4 is 20.5 Å². The molecule has 1 amide bonds. The van der Waals surface area contributed by atoms with Gasteiger partial charge in [-0.05, 0) is 24.6 Å². The van der Waals surface area contributed by atoms with E-state index in [9.17, 15) is 9.90 Å². The van der Waals surface area contributed by atoms with Crippen molar-refractivity contribution in [3.05, 3.63) is 23.8 Å². The quantitative estimate of drug-likeness (QED) is 0.633. The second kappa shape index (κ2) is 8.60. The summed E-state index contributed by atoms with van der Waals surface area (Å²) in [4.78, 5) is 11.2. The Hall–Kier alpha value is -1.79. The van der Waals surface area contributed by atoms with E-state index in [0.29, 0.717) is 24.1 Å². The minimum Gasteiger partial charge on any atom is -0.493 e. The number of primary amides is 1. The number of carbonyl (C=O) groups is 1. The summed E-state index contributed by atoms with van der Waals surface area (Å²) in [5, 5.41) is 13.0. The average Bonchev–Trinajstić information content (AvgIpc) is 2.49. The lowest BCUT2D eigenvalue weighted by molar-refractivity contribution is -0.119. The largest absolute Gasteiger partial charge is 0.493 e. The third-order valence-corrected chi connectivity index (χ3v) is 3.31. The number of aliphatic hydroxyl groups excluding tert-OH is 1. The van der Waals surface area contributed by atoms with Crippen molar-refractivity contribution in [1.82, 2.24) is 5.32 Å². The lowest BCUT2D eigenvalue weighted by Gasteiger charge is -2.17. The molecule has 6 nitrogen and oxygen atoms in total. The maximum atomic E-state index is 11.2. The third kappa shape index (κ3) is 5.54. The first-order valence-electron chi connectivity index (χ1n) is 7.36. The number of benzene rings is 1. The Morgan fingerprint density at radius 3 is 2.55 bits per heavy atom. The molecule has 2 unspecified atom stereocenters. The summed E-state index contributed by atoms with van der Waals surface area (Å²) < 4.78 is 10.9. The van der Waals surface area contributed by atoms with Crippen LogP contribution in [0.5, 0.6) is 11.5 Å². The van der Waals surface area contributed by atoms with Crippen molar-refractivity contribution in [1.29, 1.82) is 0 Å². The van der Waals surface area contributed by atoms with Crippen molar-refractivity contribution in [2.45, 2.75) is 38.8 Å². The van der Waals surface area contributed by atoms with E-state index in [0.717, 1.165) is 5.56 Å². The van der Waals surface area contributed by atoms with Gasteiger partial charge in [0.05, 0.1) is 13.0 Å². The van der Waals surface area contributed by atoms with E-state index < -0.39 is 17.9 Å². The van der Waals surface area contributed by atoms with Gasteiger partial charge in [-0.2, -0.15) is 0 Å². The molecule has 0 bridgehead atoms. The molecule has 22 heavy (non-hydrogen) atoms. The summed E-state index contributed by atoms with van der Waals surface area (Å²) in [5.41, 5.74) is 6.07. The summed E-state index contributed by atoms with van der Waals surface area (Å²) in [7, 11) is 1.53. The average molecular weight is 310 g/mol. The molecule has 2 atom stereocenters. The molecular weight excluding hydrogens is 284 g/mol. The zero-order valence-electron chi connectivity index (χ0n) is 13.6. The lowest BCUT2D eigenvalue weighted by atomic mass is 10.0. The zero-order valence-corrected chi connectivity index (χ0v) is 13.6. The summed E-state index contributed by atoms with van der Waals surface area (Å²) in [5.74, 6) is 0.232. The number of nitrogens with one attached hydrogen (secondary N) is 1. The molecule has 1 aromatic carbocycles. The van der Waals surface area contributed by atoms with Crippen LogP contribution >= 0.6 is 0 Å². The molecule has 4 N–H and O–H groups in total. The van der Waals surface area contributed by atoms with Crippen molar-refractivity contribution in [2.75, 3.05) is 20.3 Å². The molecule has 0 heterocycles. The molecule has 0 saturated heterocycles. The van der Waals surface area contributed by atoms with E-state index in [1.54, 1.807) is 25.1 Å². The van der Waals surface area contributed by atoms with Crippen LogP contribution in [0.2, 0.25) is 0 Å². The van der Waals surface area contributed by atoms with Crippen LogP contribution in [0.25, 0.3) is 0 Å². The second-order valence-electron chi connectivity index (χ2n) is 5.56. The summed E-state index contributed by atoms with van der Waals surface area (Å²) in [6, 6.07) is 5.52. The van der Waals surface area contributed by atoms with Gasteiger partial charge in [-0.3, -0.25) is 4.79 Å². The number of carbonyl (C=O) groups excluding carboxylic acids is 1. The van der Waals surface area contributed by atoms with Crippen molar-refractivity contribution >= 4 is 5.91 Å². The van der Waals surface area contributed by atoms with Gasteiger partial charge in [-0.15, -0.1) is 0 Å². The minimum atomic E-state index is -0.615. The van der Waals surface area contributed by atoms with Gasteiger partial charge in [0.2, 0.25) is 5.91 Å². The van der Waals surface area contributed by atoms with Gasteiger partial charge < -0.3 is 25.6 Å². The minimum absolute atomic E-state index is 0.154.